The first-order valence-electron chi connectivity index (χ1n) is 11.1. The lowest BCUT2D eigenvalue weighted by atomic mass is 9.92. The van der Waals surface area contributed by atoms with Crippen LogP contribution in [0.1, 0.15) is 37.0 Å². The van der Waals surface area contributed by atoms with Crippen LogP contribution < -0.4 is 20.4 Å². The molecule has 0 fully saturated rings. The number of aliphatic hydroxyl groups is 1. The number of aliphatic hydroxyl groups excluding tert-OH is 1. The van der Waals surface area contributed by atoms with Crippen LogP contribution in [0, 0.1) is 6.92 Å². The van der Waals surface area contributed by atoms with Gasteiger partial charge in [-0.1, -0.05) is 30.3 Å². The van der Waals surface area contributed by atoms with Crippen LogP contribution in [0.2, 0.25) is 0 Å². The van der Waals surface area contributed by atoms with Crippen molar-refractivity contribution in [3.8, 4) is 11.5 Å². The van der Waals surface area contributed by atoms with Crippen molar-refractivity contribution in [2.24, 2.45) is 0 Å². The molecule has 2 heterocycles. The number of hydrogen-bond acceptors (Lipinski definition) is 6. The zero-order valence-electron chi connectivity index (χ0n) is 19.1. The van der Waals surface area contributed by atoms with Crippen LogP contribution >= 0.6 is 0 Å². The molecule has 174 valence electrons. The molecule has 1 aromatic heterocycles. The summed E-state index contributed by atoms with van der Waals surface area (Å²) >= 11 is 0. The van der Waals surface area contributed by atoms with E-state index in [2.05, 4.69) is 5.32 Å². The molecule has 0 bridgehead atoms. The van der Waals surface area contributed by atoms with Crippen LogP contribution in [-0.2, 0) is 17.6 Å². The van der Waals surface area contributed by atoms with Gasteiger partial charge in [-0.3, -0.25) is 4.79 Å². The van der Waals surface area contributed by atoms with Gasteiger partial charge in [-0.25, -0.2) is 4.79 Å². The Bertz CT molecular complexity index is 1210. The Morgan fingerprint density at radius 2 is 2.00 bits per heavy atom. The van der Waals surface area contributed by atoms with Crippen LogP contribution in [-0.4, -0.2) is 35.9 Å². The number of amides is 1. The fourth-order valence-electron chi connectivity index (χ4n) is 4.21. The molecule has 1 atom stereocenters. The Hall–Kier alpha value is -3.32. The highest BCUT2D eigenvalue weighted by Gasteiger charge is 2.30. The van der Waals surface area contributed by atoms with Gasteiger partial charge in [0.05, 0.1) is 18.0 Å². The Morgan fingerprint density at radius 3 is 2.73 bits per heavy atom. The summed E-state index contributed by atoms with van der Waals surface area (Å²) in [5.74, 6) is 0.661. The Labute approximate surface area is 192 Å². The third-order valence-electron chi connectivity index (χ3n) is 5.87. The number of aryl methyl sites for hydroxylation is 2. The van der Waals surface area contributed by atoms with Crippen molar-refractivity contribution >= 4 is 16.9 Å². The van der Waals surface area contributed by atoms with Gasteiger partial charge in [-0.2, -0.15) is 0 Å². The van der Waals surface area contributed by atoms with E-state index < -0.39 is 11.7 Å². The van der Waals surface area contributed by atoms with Gasteiger partial charge in [0.15, 0.2) is 6.61 Å². The first-order chi connectivity index (χ1) is 15.8. The van der Waals surface area contributed by atoms with Crippen LogP contribution in [0.15, 0.2) is 51.7 Å². The van der Waals surface area contributed by atoms with Crippen molar-refractivity contribution in [1.29, 1.82) is 0 Å². The second kappa shape index (κ2) is 9.27. The lowest BCUT2D eigenvalue weighted by Crippen LogP contribution is -2.41. The molecule has 33 heavy (non-hydrogen) atoms. The molecular weight excluding hydrogens is 422 g/mol. The number of ether oxygens (including phenoxy) is 2. The topological polar surface area (TPSA) is 98.0 Å². The van der Waals surface area contributed by atoms with Crippen LogP contribution in [0.5, 0.6) is 11.5 Å². The largest absolute Gasteiger partial charge is 0.487 e. The molecule has 4 rings (SSSR count). The van der Waals surface area contributed by atoms with E-state index in [0.29, 0.717) is 40.9 Å². The predicted octanol–water partition coefficient (Wildman–Crippen LogP) is 3.30. The quantitative estimate of drug-likeness (QED) is 0.535. The average molecular weight is 452 g/mol. The third kappa shape index (κ3) is 5.20. The first-order valence-corrected chi connectivity index (χ1v) is 11.1. The summed E-state index contributed by atoms with van der Waals surface area (Å²) in [6.07, 6.45) is 2.01. The molecule has 1 amide bonds. The summed E-state index contributed by atoms with van der Waals surface area (Å²) in [5, 5.41) is 13.2. The number of nitrogens with one attached hydrogen (secondary N) is 1. The van der Waals surface area contributed by atoms with Crippen molar-refractivity contribution in [1.82, 2.24) is 5.32 Å². The maximum absolute atomic E-state index is 12.6. The van der Waals surface area contributed by atoms with Gasteiger partial charge in [-0.15, -0.1) is 0 Å². The van der Waals surface area contributed by atoms with Gasteiger partial charge in [0.25, 0.3) is 5.91 Å². The lowest BCUT2D eigenvalue weighted by molar-refractivity contribution is -0.124. The van der Waals surface area contributed by atoms with Crippen LogP contribution in [0.25, 0.3) is 11.0 Å². The maximum Gasteiger partial charge on any atom is 0.336 e. The van der Waals surface area contributed by atoms with Crippen molar-refractivity contribution in [3.05, 3.63) is 69.6 Å². The molecule has 1 aliphatic heterocycles. The van der Waals surface area contributed by atoms with E-state index in [-0.39, 0.29) is 24.7 Å². The number of carbonyl (C=O) groups is 1. The van der Waals surface area contributed by atoms with Crippen molar-refractivity contribution in [2.75, 3.05) is 13.2 Å². The molecule has 0 spiro atoms. The minimum absolute atomic E-state index is 0.185. The minimum Gasteiger partial charge on any atom is -0.487 e. The number of hydrogen-bond donors (Lipinski definition) is 2. The summed E-state index contributed by atoms with van der Waals surface area (Å²) in [6.45, 7) is 5.38. The van der Waals surface area contributed by atoms with Gasteiger partial charge in [-0.05, 0) is 51.2 Å². The van der Waals surface area contributed by atoms with E-state index in [4.69, 9.17) is 13.9 Å². The molecule has 0 saturated carbocycles. The molecule has 0 saturated heterocycles. The monoisotopic (exact) mass is 451 g/mol. The molecule has 1 unspecified atom stereocenters. The number of fused-ring (bicyclic) bond motifs is 3. The normalized spacial score (nSPS) is 15.4. The standard InChI is InChI=1S/C26H29NO6/c1-16-11-23(30)32-25-19-9-10-26(2,3)33-20(19)13-21(24(16)25)31-15-22(29)27-18(14-28)12-17-7-5-4-6-8-17/h4-8,11,13,18,28H,9-10,12,14-15H2,1-3H3,(H,27,29). The molecule has 1 aliphatic rings. The smallest absolute Gasteiger partial charge is 0.336 e. The summed E-state index contributed by atoms with van der Waals surface area (Å²) in [6, 6.07) is 12.4. The first kappa shape index (κ1) is 22.9. The van der Waals surface area contributed by atoms with Gasteiger partial charge in [0.2, 0.25) is 0 Å². The summed E-state index contributed by atoms with van der Waals surface area (Å²) in [4.78, 5) is 24.7. The zero-order valence-corrected chi connectivity index (χ0v) is 19.1. The van der Waals surface area contributed by atoms with E-state index in [1.165, 1.54) is 6.07 Å². The molecule has 3 aromatic rings. The second-order valence-electron chi connectivity index (χ2n) is 9.09. The van der Waals surface area contributed by atoms with E-state index in [1.807, 2.05) is 51.1 Å². The van der Waals surface area contributed by atoms with Gasteiger partial charge >= 0.3 is 5.63 Å². The molecular formula is C26H29NO6. The maximum atomic E-state index is 12.6. The average Bonchev–Trinajstić information content (AvgIpc) is 2.76. The van der Waals surface area contributed by atoms with E-state index in [9.17, 15) is 14.7 Å². The Balaban J connectivity index is 1.55. The molecule has 2 N–H and O–H groups in total. The predicted molar refractivity (Wildman–Crippen MR) is 125 cm³/mol. The fourth-order valence-corrected chi connectivity index (χ4v) is 4.21. The molecule has 0 aliphatic carbocycles. The summed E-state index contributed by atoms with van der Waals surface area (Å²) in [7, 11) is 0. The summed E-state index contributed by atoms with van der Waals surface area (Å²) < 4.78 is 17.6. The van der Waals surface area contributed by atoms with Crippen molar-refractivity contribution in [2.45, 2.75) is 51.7 Å². The molecule has 7 heteroatoms. The third-order valence-corrected chi connectivity index (χ3v) is 5.87. The minimum atomic E-state index is -0.436. The molecule has 7 nitrogen and oxygen atoms in total. The SMILES string of the molecule is Cc1cc(=O)oc2c3c(cc(OCC(=O)NC(CO)Cc4ccccc4)c12)OC(C)(C)CC3. The second-order valence-corrected chi connectivity index (χ2v) is 9.09. The van der Waals surface area contributed by atoms with E-state index in [0.717, 1.165) is 17.5 Å². The lowest BCUT2D eigenvalue weighted by Gasteiger charge is -2.33. The van der Waals surface area contributed by atoms with Gasteiger partial charge in [0, 0.05) is 17.7 Å². The molecule has 0 radical (unpaired) electrons. The van der Waals surface area contributed by atoms with Gasteiger partial charge in [0.1, 0.15) is 22.7 Å². The Kier molecular flexibility index (Phi) is 6.42. The highest BCUT2D eigenvalue weighted by Crippen LogP contribution is 2.42. The fraction of sp³-hybridized carbons (Fsp3) is 0.385. The zero-order chi connectivity index (χ0) is 23.6. The van der Waals surface area contributed by atoms with Crippen molar-refractivity contribution < 1.29 is 23.8 Å². The number of carbonyl (C=O) groups excluding carboxylic acids is 1. The number of rotatable bonds is 7. The highest BCUT2D eigenvalue weighted by molar-refractivity contribution is 5.91. The highest BCUT2D eigenvalue weighted by atomic mass is 16.5. The van der Waals surface area contributed by atoms with E-state index >= 15 is 0 Å². The summed E-state index contributed by atoms with van der Waals surface area (Å²) in [5.41, 5.74) is 2.22. The van der Waals surface area contributed by atoms with Gasteiger partial charge < -0.3 is 24.3 Å². The van der Waals surface area contributed by atoms with E-state index in [1.54, 1.807) is 6.07 Å². The van der Waals surface area contributed by atoms with Crippen molar-refractivity contribution in [3.63, 3.8) is 0 Å². The van der Waals surface area contributed by atoms with Crippen LogP contribution in [0.4, 0.5) is 0 Å². The number of benzene rings is 2. The molecule has 2 aromatic carbocycles. The van der Waals surface area contributed by atoms with Crippen LogP contribution in [0.3, 0.4) is 0 Å². The Morgan fingerprint density at radius 1 is 1.24 bits per heavy atom.